The van der Waals surface area contributed by atoms with Gasteiger partial charge in [-0.1, -0.05) is 59.8 Å². The van der Waals surface area contributed by atoms with Gasteiger partial charge in [-0.15, -0.1) is 0 Å². The van der Waals surface area contributed by atoms with Crippen molar-refractivity contribution in [2.45, 2.75) is 33.1 Å². The van der Waals surface area contributed by atoms with E-state index in [1.54, 1.807) is 0 Å². The molecule has 6 nitrogen and oxygen atoms in total. The predicted molar refractivity (Wildman–Crippen MR) is 123 cm³/mol. The van der Waals surface area contributed by atoms with E-state index in [-0.39, 0.29) is 17.7 Å². The molecule has 1 N–H and O–H groups in total. The van der Waals surface area contributed by atoms with Crippen LogP contribution in [-0.2, 0) is 22.4 Å². The topological polar surface area (TPSA) is 75.4 Å². The van der Waals surface area contributed by atoms with Gasteiger partial charge in [-0.25, -0.2) is 0 Å². The lowest BCUT2D eigenvalue weighted by atomic mass is 9.95. The number of hydrogen-bond donors (Lipinski definition) is 1. The summed E-state index contributed by atoms with van der Waals surface area (Å²) in [6.45, 7) is 5.21. The zero-order valence-corrected chi connectivity index (χ0v) is 18.6. The molecule has 1 fully saturated rings. The van der Waals surface area contributed by atoms with Crippen molar-refractivity contribution >= 4 is 11.8 Å². The summed E-state index contributed by atoms with van der Waals surface area (Å²) in [5.41, 5.74) is 5.20. The van der Waals surface area contributed by atoms with Crippen LogP contribution in [0.3, 0.4) is 0 Å². The number of nitrogens with one attached hydrogen (secondary N) is 1. The summed E-state index contributed by atoms with van der Waals surface area (Å²) in [6.07, 6.45) is 1.58. The third kappa shape index (κ3) is 5.07. The molecule has 2 aromatic carbocycles. The lowest BCUT2D eigenvalue weighted by molar-refractivity contribution is -0.132. The van der Waals surface area contributed by atoms with E-state index < -0.39 is 0 Å². The highest BCUT2D eigenvalue weighted by atomic mass is 16.5. The Morgan fingerprint density at radius 3 is 2.66 bits per heavy atom. The summed E-state index contributed by atoms with van der Waals surface area (Å²) in [7, 11) is 0. The molecule has 6 heteroatoms. The molecule has 0 bridgehead atoms. The summed E-state index contributed by atoms with van der Waals surface area (Å²) in [6, 6.07) is 18.5. The maximum atomic E-state index is 12.9. The number of carbonyl (C=O) groups excluding carboxylic acids is 2. The third-order valence-corrected chi connectivity index (χ3v) is 6.13. The van der Waals surface area contributed by atoms with E-state index in [2.05, 4.69) is 34.7 Å². The molecule has 0 unspecified atom stereocenters. The van der Waals surface area contributed by atoms with Crippen molar-refractivity contribution in [3.8, 4) is 11.1 Å². The number of nitrogens with zero attached hydrogens (tertiary/aromatic N) is 2. The van der Waals surface area contributed by atoms with Gasteiger partial charge >= 0.3 is 0 Å². The van der Waals surface area contributed by atoms with Crippen molar-refractivity contribution in [2.75, 3.05) is 19.6 Å². The molecule has 0 spiro atoms. The van der Waals surface area contributed by atoms with Gasteiger partial charge in [0.15, 0.2) is 0 Å². The maximum absolute atomic E-state index is 12.9. The van der Waals surface area contributed by atoms with E-state index in [0.29, 0.717) is 38.9 Å². The quantitative estimate of drug-likeness (QED) is 0.646. The molecular formula is C26H29N3O3. The fourth-order valence-corrected chi connectivity index (χ4v) is 4.32. The number of carbonyl (C=O) groups is 2. The highest BCUT2D eigenvalue weighted by Gasteiger charge is 2.28. The van der Waals surface area contributed by atoms with Gasteiger partial charge in [-0.05, 0) is 43.4 Å². The van der Waals surface area contributed by atoms with Gasteiger partial charge in [0.2, 0.25) is 11.8 Å². The molecule has 1 aromatic heterocycles. The SMILES string of the molecule is Cc1noc(C)c1CCC(=O)N1CCNC(=O)[C@@H](Cc2cccc(-c3ccccc3)c2)C1. The minimum absolute atomic E-state index is 0.0103. The number of aromatic nitrogens is 1. The molecule has 1 atom stereocenters. The van der Waals surface area contributed by atoms with Gasteiger partial charge in [0.1, 0.15) is 5.76 Å². The Morgan fingerprint density at radius 1 is 1.12 bits per heavy atom. The summed E-state index contributed by atoms with van der Waals surface area (Å²) >= 11 is 0. The molecular weight excluding hydrogens is 402 g/mol. The Kier molecular flexibility index (Phi) is 6.69. The predicted octanol–water partition coefficient (Wildman–Crippen LogP) is 3.71. The second-order valence-corrected chi connectivity index (χ2v) is 8.40. The van der Waals surface area contributed by atoms with Crippen LogP contribution in [0.1, 0.15) is 29.0 Å². The molecule has 0 radical (unpaired) electrons. The summed E-state index contributed by atoms with van der Waals surface area (Å²) < 4.78 is 5.20. The van der Waals surface area contributed by atoms with Crippen LogP contribution in [0, 0.1) is 19.8 Å². The van der Waals surface area contributed by atoms with Crippen LogP contribution < -0.4 is 5.32 Å². The van der Waals surface area contributed by atoms with Crippen molar-refractivity contribution in [2.24, 2.45) is 5.92 Å². The Bertz CT molecular complexity index is 1070. The highest BCUT2D eigenvalue weighted by molar-refractivity contribution is 5.82. The lowest BCUT2D eigenvalue weighted by Gasteiger charge is -2.23. The second kappa shape index (κ2) is 9.81. The summed E-state index contributed by atoms with van der Waals surface area (Å²) in [5, 5.41) is 6.94. The monoisotopic (exact) mass is 431 g/mol. The molecule has 166 valence electrons. The van der Waals surface area contributed by atoms with Crippen molar-refractivity contribution in [1.82, 2.24) is 15.4 Å². The van der Waals surface area contributed by atoms with Gasteiger partial charge in [-0.3, -0.25) is 9.59 Å². The summed E-state index contributed by atoms with van der Waals surface area (Å²) in [4.78, 5) is 27.5. The smallest absolute Gasteiger partial charge is 0.225 e. The molecule has 1 aliphatic heterocycles. The number of hydrogen-bond acceptors (Lipinski definition) is 4. The first-order valence-corrected chi connectivity index (χ1v) is 11.1. The van der Waals surface area contributed by atoms with Crippen molar-refractivity contribution < 1.29 is 14.1 Å². The van der Waals surface area contributed by atoms with Crippen molar-refractivity contribution in [3.05, 3.63) is 77.2 Å². The maximum Gasteiger partial charge on any atom is 0.225 e. The van der Waals surface area contributed by atoms with E-state index in [1.165, 1.54) is 0 Å². The minimum atomic E-state index is -0.272. The molecule has 1 aliphatic rings. The van der Waals surface area contributed by atoms with Gasteiger partial charge in [0, 0.05) is 31.6 Å². The van der Waals surface area contributed by atoms with Crippen LogP contribution in [0.2, 0.25) is 0 Å². The molecule has 1 saturated heterocycles. The Morgan fingerprint density at radius 2 is 1.91 bits per heavy atom. The molecule has 0 aliphatic carbocycles. The number of benzene rings is 2. The molecule has 0 saturated carbocycles. The number of rotatable bonds is 6. The normalized spacial score (nSPS) is 16.5. The summed E-state index contributed by atoms with van der Waals surface area (Å²) in [5.74, 6) is 0.561. The van der Waals surface area contributed by atoms with Crippen LogP contribution >= 0.6 is 0 Å². The molecule has 3 aromatic rings. The Labute approximate surface area is 188 Å². The van der Waals surface area contributed by atoms with E-state index in [9.17, 15) is 9.59 Å². The van der Waals surface area contributed by atoms with Crippen LogP contribution in [0.4, 0.5) is 0 Å². The largest absolute Gasteiger partial charge is 0.361 e. The average molecular weight is 432 g/mol. The van der Waals surface area contributed by atoms with E-state index in [0.717, 1.165) is 33.7 Å². The number of aryl methyl sites for hydroxylation is 2. The van der Waals surface area contributed by atoms with Gasteiger partial charge in [-0.2, -0.15) is 0 Å². The van der Waals surface area contributed by atoms with Gasteiger partial charge < -0.3 is 14.7 Å². The van der Waals surface area contributed by atoms with Gasteiger partial charge in [0.05, 0.1) is 11.6 Å². The van der Waals surface area contributed by atoms with E-state index in [1.807, 2.05) is 49.1 Å². The van der Waals surface area contributed by atoms with Gasteiger partial charge in [0.25, 0.3) is 0 Å². The fourth-order valence-electron chi connectivity index (χ4n) is 4.32. The van der Waals surface area contributed by atoms with Crippen LogP contribution in [0.15, 0.2) is 59.1 Å². The second-order valence-electron chi connectivity index (χ2n) is 8.40. The molecule has 4 rings (SSSR count). The molecule has 32 heavy (non-hydrogen) atoms. The Balaban J connectivity index is 1.43. The average Bonchev–Trinajstić information content (AvgIpc) is 3.01. The van der Waals surface area contributed by atoms with Crippen LogP contribution in [-0.4, -0.2) is 41.5 Å². The fraction of sp³-hybridized carbons (Fsp3) is 0.346. The van der Waals surface area contributed by atoms with E-state index >= 15 is 0 Å². The standard InChI is InChI=1S/C26H29N3O3/c1-18-24(19(2)32-28-18)11-12-25(30)29-14-13-27-26(31)23(17-29)16-20-7-6-10-22(15-20)21-8-4-3-5-9-21/h3-10,15,23H,11-14,16-17H2,1-2H3,(H,27,31)/t23-/m0/s1. The molecule has 2 amide bonds. The van der Waals surface area contributed by atoms with E-state index in [4.69, 9.17) is 4.52 Å². The zero-order valence-electron chi connectivity index (χ0n) is 18.6. The first-order chi connectivity index (χ1) is 15.5. The first-order valence-electron chi connectivity index (χ1n) is 11.1. The Hall–Kier alpha value is -3.41. The first kappa shape index (κ1) is 21.8. The number of amides is 2. The van der Waals surface area contributed by atoms with Crippen LogP contribution in [0.25, 0.3) is 11.1 Å². The van der Waals surface area contributed by atoms with Crippen molar-refractivity contribution in [1.29, 1.82) is 0 Å². The van der Waals surface area contributed by atoms with Crippen LogP contribution in [0.5, 0.6) is 0 Å². The molecule has 2 heterocycles. The zero-order chi connectivity index (χ0) is 22.5. The minimum Gasteiger partial charge on any atom is -0.361 e. The highest BCUT2D eigenvalue weighted by Crippen LogP contribution is 2.22. The third-order valence-electron chi connectivity index (χ3n) is 6.13. The lowest BCUT2D eigenvalue weighted by Crippen LogP contribution is -2.37. The van der Waals surface area contributed by atoms with Crippen molar-refractivity contribution in [3.63, 3.8) is 0 Å².